The minimum Gasteiger partial charge on any atom is -0.493 e. The predicted molar refractivity (Wildman–Crippen MR) is 294 cm³/mol. The molecule has 3 N–H and O–H groups in total. The third-order valence-electron chi connectivity index (χ3n) is 15.4. The SMILES string of the molecule is CCC(CC)(c1ccc(CCC(O)C(C)(C)C)c(C)c1)c1ccc(OCCCCc2nn[nH]n2)c(C)c1.[C-]#[N+]CCCCOc1ccc(C(CC)(CC)c2ccc(CCC(O)C(C)(C)C)c(C)c2)cc1C. The third kappa shape index (κ3) is 16.0. The number of nitrogens with one attached hydrogen (secondary N) is 1. The molecule has 0 fully saturated rings. The second kappa shape index (κ2) is 27.1. The lowest BCUT2D eigenvalue weighted by Gasteiger charge is -2.34. The highest BCUT2D eigenvalue weighted by molar-refractivity contribution is 5.48. The van der Waals surface area contributed by atoms with E-state index in [-0.39, 0.29) is 33.9 Å². The Kier molecular flexibility index (Phi) is 22.4. The molecule has 0 saturated heterocycles. The van der Waals surface area contributed by atoms with Crippen molar-refractivity contribution in [2.75, 3.05) is 19.8 Å². The van der Waals surface area contributed by atoms with Crippen molar-refractivity contribution in [1.82, 2.24) is 20.6 Å². The summed E-state index contributed by atoms with van der Waals surface area (Å²) in [6, 6.07) is 27.2. The van der Waals surface area contributed by atoms with Crippen molar-refractivity contribution in [3.63, 3.8) is 0 Å². The number of benzene rings is 4. The average Bonchev–Trinajstić information content (AvgIpc) is 3.86. The third-order valence-corrected chi connectivity index (χ3v) is 15.4. The summed E-state index contributed by atoms with van der Waals surface area (Å²) >= 11 is 0. The summed E-state index contributed by atoms with van der Waals surface area (Å²) in [6.45, 7) is 39.2. The number of aliphatic hydroxyl groups is 2. The van der Waals surface area contributed by atoms with Crippen molar-refractivity contribution in [3.8, 4) is 11.5 Å². The van der Waals surface area contributed by atoms with Crippen LogP contribution in [0.1, 0.15) is 195 Å². The predicted octanol–water partition coefficient (Wildman–Crippen LogP) is 14.5. The van der Waals surface area contributed by atoms with Crippen molar-refractivity contribution in [3.05, 3.63) is 146 Å². The zero-order valence-electron chi connectivity index (χ0n) is 46.4. The van der Waals surface area contributed by atoms with Gasteiger partial charge in [-0.25, -0.2) is 6.57 Å². The highest BCUT2D eigenvalue weighted by Crippen LogP contribution is 2.43. The van der Waals surface area contributed by atoms with E-state index >= 15 is 0 Å². The summed E-state index contributed by atoms with van der Waals surface area (Å²) in [6.07, 6.45) is 11.4. The molecule has 5 aromatic rings. The van der Waals surface area contributed by atoms with Crippen molar-refractivity contribution in [2.24, 2.45) is 10.8 Å². The van der Waals surface area contributed by atoms with Gasteiger partial charge in [-0.3, -0.25) is 0 Å². The number of H-pyrrole nitrogens is 1. The van der Waals surface area contributed by atoms with Gasteiger partial charge >= 0.3 is 0 Å². The lowest BCUT2D eigenvalue weighted by molar-refractivity contribution is 0.0559. The normalized spacial score (nSPS) is 13.0. The fourth-order valence-electron chi connectivity index (χ4n) is 10.0. The summed E-state index contributed by atoms with van der Waals surface area (Å²) in [5.74, 6) is 2.65. The number of rotatable bonds is 25. The van der Waals surface area contributed by atoms with Crippen LogP contribution < -0.4 is 9.47 Å². The second-order valence-electron chi connectivity index (χ2n) is 22.2. The second-order valence-corrected chi connectivity index (χ2v) is 22.2. The van der Waals surface area contributed by atoms with Crippen LogP contribution in [0.15, 0.2) is 72.8 Å². The molecule has 9 heteroatoms. The highest BCUT2D eigenvalue weighted by Gasteiger charge is 2.33. The lowest BCUT2D eigenvalue weighted by atomic mass is 9.69. The Morgan fingerprint density at radius 3 is 1.28 bits per heavy atom. The van der Waals surface area contributed by atoms with Crippen molar-refractivity contribution in [2.45, 2.75) is 203 Å². The highest BCUT2D eigenvalue weighted by atomic mass is 16.5. The first kappa shape index (κ1) is 58.5. The van der Waals surface area contributed by atoms with Gasteiger partial charge in [-0.2, -0.15) is 5.21 Å². The molecule has 0 radical (unpaired) electrons. The van der Waals surface area contributed by atoms with Gasteiger partial charge in [0.15, 0.2) is 5.82 Å². The fraction of sp³-hybridized carbons (Fsp3) is 0.581. The maximum Gasteiger partial charge on any atom is 0.214 e. The Hall–Kier alpha value is -5.04. The number of aromatic amines is 1. The van der Waals surface area contributed by atoms with Crippen LogP contribution in [0.4, 0.5) is 0 Å². The number of hydrogen-bond donors (Lipinski definition) is 3. The smallest absolute Gasteiger partial charge is 0.214 e. The molecule has 4 aromatic carbocycles. The van der Waals surface area contributed by atoms with Crippen LogP contribution in [0.25, 0.3) is 4.85 Å². The lowest BCUT2D eigenvalue weighted by Crippen LogP contribution is -2.27. The summed E-state index contributed by atoms with van der Waals surface area (Å²) in [5, 5.41) is 35.0. The van der Waals surface area contributed by atoms with Gasteiger partial charge in [0, 0.05) is 23.7 Å². The molecule has 0 spiro atoms. The number of tetrazole rings is 1. The van der Waals surface area contributed by atoms with E-state index in [1.54, 1.807) is 0 Å². The van der Waals surface area contributed by atoms with Crippen LogP contribution in [-0.2, 0) is 30.1 Å². The van der Waals surface area contributed by atoms with Gasteiger partial charge in [-0.15, -0.1) is 10.2 Å². The molecule has 71 heavy (non-hydrogen) atoms. The zero-order valence-corrected chi connectivity index (χ0v) is 46.4. The van der Waals surface area contributed by atoms with Gasteiger partial charge in [0.1, 0.15) is 11.5 Å². The molecular weight excluding hydrogens is 879 g/mol. The van der Waals surface area contributed by atoms with Crippen LogP contribution >= 0.6 is 0 Å². The maximum absolute atomic E-state index is 10.5. The number of nitrogens with zero attached hydrogens (tertiary/aromatic N) is 4. The van der Waals surface area contributed by atoms with Gasteiger partial charge in [0.2, 0.25) is 6.54 Å². The van der Waals surface area contributed by atoms with E-state index < -0.39 is 0 Å². The summed E-state index contributed by atoms with van der Waals surface area (Å²) in [5.41, 5.74) is 12.8. The monoisotopic (exact) mass is 970 g/mol. The molecule has 0 saturated carbocycles. The Morgan fingerprint density at radius 1 is 0.549 bits per heavy atom. The van der Waals surface area contributed by atoms with E-state index in [2.05, 4.69) is 195 Å². The molecule has 9 nitrogen and oxygen atoms in total. The standard InChI is InChI=1S/C31H46N4O2.C31H45NO2/c1-8-31(9-2,25-15-13-24(22(3)20-25)14-18-28(36)30(5,6)7)26-16-17-27(23(4)21-26)37-19-11-10-12-29-32-34-35-33-29;1-9-31(10-2,27-16-17-28(24(4)22-27)34-20-12-11-19-32-8)26-15-13-25(23(3)21-26)14-18-29(33)30(5,6)7/h13,15-17,20-21,28,36H,8-12,14,18-19H2,1-7H3,(H,32,33,34,35);13,15-17,21-22,29,33H,9-12,14,18-20H2,1-7H3. The first-order valence-corrected chi connectivity index (χ1v) is 26.8. The zero-order chi connectivity index (χ0) is 52.4. The van der Waals surface area contributed by atoms with Crippen LogP contribution in [0.3, 0.4) is 0 Å². The molecule has 0 aliphatic heterocycles. The van der Waals surface area contributed by atoms with Crippen molar-refractivity contribution >= 4 is 0 Å². The van der Waals surface area contributed by atoms with Crippen molar-refractivity contribution < 1.29 is 19.7 Å². The summed E-state index contributed by atoms with van der Waals surface area (Å²) in [7, 11) is 0. The molecule has 0 aliphatic carbocycles. The fourth-order valence-corrected chi connectivity index (χ4v) is 10.0. The number of aryl methyl sites for hydroxylation is 7. The minimum atomic E-state index is -0.300. The molecule has 0 aliphatic rings. The molecule has 5 rings (SSSR count). The maximum atomic E-state index is 10.5. The summed E-state index contributed by atoms with van der Waals surface area (Å²) in [4.78, 5) is 3.41. The Labute approximate surface area is 429 Å². The molecule has 1 heterocycles. The van der Waals surface area contributed by atoms with E-state index in [1.807, 2.05) is 0 Å². The largest absolute Gasteiger partial charge is 0.493 e. The van der Waals surface area contributed by atoms with Crippen LogP contribution in [0.5, 0.6) is 11.5 Å². The topological polar surface area (TPSA) is 118 Å². The molecule has 388 valence electrons. The van der Waals surface area contributed by atoms with Crippen LogP contribution in [0, 0.1) is 45.1 Å². The van der Waals surface area contributed by atoms with E-state index in [0.717, 1.165) is 101 Å². The first-order chi connectivity index (χ1) is 33.7. The number of aromatic nitrogens is 4. The number of unbranched alkanes of at least 4 members (excludes halogenated alkanes) is 2. The van der Waals surface area contributed by atoms with E-state index in [1.165, 1.54) is 55.6 Å². The minimum absolute atomic E-state index is 0.0346. The average molecular weight is 970 g/mol. The van der Waals surface area contributed by atoms with E-state index in [0.29, 0.717) is 19.8 Å². The Balaban J connectivity index is 0.000000310. The molecular formula is C62H91N5O4. The van der Waals surface area contributed by atoms with E-state index in [4.69, 9.17) is 16.0 Å². The Bertz CT molecular complexity index is 2410. The molecule has 2 atom stereocenters. The van der Waals surface area contributed by atoms with Gasteiger partial charge in [-0.05, 0) is 177 Å². The van der Waals surface area contributed by atoms with Crippen LogP contribution in [0.2, 0.25) is 0 Å². The summed E-state index contributed by atoms with van der Waals surface area (Å²) < 4.78 is 12.1. The van der Waals surface area contributed by atoms with E-state index in [9.17, 15) is 10.2 Å². The van der Waals surface area contributed by atoms with Gasteiger partial charge in [0.25, 0.3) is 0 Å². The number of aliphatic hydroxyl groups excluding tert-OH is 2. The number of ether oxygens (including phenoxy) is 2. The number of hydrogen-bond acceptors (Lipinski definition) is 7. The van der Waals surface area contributed by atoms with Gasteiger partial charge in [-0.1, -0.05) is 135 Å². The Morgan fingerprint density at radius 2 is 0.944 bits per heavy atom. The van der Waals surface area contributed by atoms with Gasteiger partial charge < -0.3 is 24.5 Å². The van der Waals surface area contributed by atoms with Crippen LogP contribution in [-0.4, -0.2) is 62.8 Å². The van der Waals surface area contributed by atoms with Gasteiger partial charge in [0.05, 0.1) is 25.4 Å². The first-order valence-electron chi connectivity index (χ1n) is 26.8. The molecule has 2 unspecified atom stereocenters. The molecule has 0 bridgehead atoms. The molecule has 0 amide bonds. The molecule has 1 aromatic heterocycles. The quantitative estimate of drug-likeness (QED) is 0.0394. The van der Waals surface area contributed by atoms with Crippen molar-refractivity contribution in [1.29, 1.82) is 0 Å².